The Hall–Kier alpha value is -1.68. The molecule has 0 radical (unpaired) electrons. The maximum atomic E-state index is 13.5. The Morgan fingerprint density at radius 2 is 1.74 bits per heavy atom. The van der Waals surface area contributed by atoms with Crippen LogP contribution in [0.2, 0.25) is 5.02 Å². The molecule has 0 saturated carbocycles. The van der Waals surface area contributed by atoms with Gasteiger partial charge in [-0.1, -0.05) is 45.4 Å². The summed E-state index contributed by atoms with van der Waals surface area (Å²) in [5.41, 5.74) is 1.94. The van der Waals surface area contributed by atoms with Gasteiger partial charge in [0, 0.05) is 19.0 Å². The number of hydrogen-bond acceptors (Lipinski definition) is 3. The maximum Gasteiger partial charge on any atom is 0.255 e. The van der Waals surface area contributed by atoms with Crippen LogP contribution >= 0.6 is 11.6 Å². The Bertz CT molecular complexity index is 552. The third kappa shape index (κ3) is 9.84. The smallest absolute Gasteiger partial charge is 0.255 e. The van der Waals surface area contributed by atoms with Crippen molar-refractivity contribution in [2.75, 3.05) is 7.05 Å². The summed E-state index contributed by atoms with van der Waals surface area (Å²) >= 11 is 5.61. The summed E-state index contributed by atoms with van der Waals surface area (Å²) in [6, 6.07) is 1.16. The molecule has 3 nitrogen and oxygen atoms in total. The van der Waals surface area contributed by atoms with Gasteiger partial charge in [0.15, 0.2) is 5.82 Å². The van der Waals surface area contributed by atoms with Gasteiger partial charge < -0.3 is 4.74 Å². The summed E-state index contributed by atoms with van der Waals surface area (Å²) in [6.07, 6.45) is 4.92. The van der Waals surface area contributed by atoms with E-state index in [-0.39, 0.29) is 10.9 Å². The molecule has 0 aromatic carbocycles. The quantitative estimate of drug-likeness (QED) is 0.368. The van der Waals surface area contributed by atoms with Gasteiger partial charge >= 0.3 is 0 Å². The van der Waals surface area contributed by atoms with Gasteiger partial charge in [0.05, 0.1) is 5.02 Å². The first-order valence-electron chi connectivity index (χ1n) is 7.72. The predicted octanol–water partition coefficient (Wildman–Crippen LogP) is 6.25. The second-order valence-electron chi connectivity index (χ2n) is 3.98. The molecule has 1 aromatic rings. The molecule has 1 rings (SSSR count). The molecule has 0 amide bonds. The van der Waals surface area contributed by atoms with Crippen molar-refractivity contribution >= 4 is 17.3 Å². The lowest BCUT2D eigenvalue weighted by atomic mass is 10.2. The van der Waals surface area contributed by atoms with Crippen LogP contribution in [0.3, 0.4) is 0 Å². The van der Waals surface area contributed by atoms with Crippen LogP contribution in [-0.4, -0.2) is 17.7 Å². The summed E-state index contributed by atoms with van der Waals surface area (Å²) in [7, 11) is 1.73. The van der Waals surface area contributed by atoms with E-state index >= 15 is 0 Å². The van der Waals surface area contributed by atoms with E-state index in [4.69, 9.17) is 16.3 Å². The predicted molar refractivity (Wildman–Crippen MR) is 99.1 cm³/mol. The minimum absolute atomic E-state index is 0.0925. The molecule has 1 heterocycles. The molecular formula is C18H28ClFN2O. The largest absolute Gasteiger partial charge is 0.441 e. The summed E-state index contributed by atoms with van der Waals surface area (Å²) in [5.74, 6) is -0.158. The SMILES string of the molecule is CC.CC.CN=C(C)/C(C)=C/C=C(\C)Oc1ncc(Cl)cc1F. The standard InChI is InChI=1S/C14H16ClFN2O.2C2H6/c1-9(11(3)17-4)5-6-10(2)19-14-13(16)7-12(15)8-18-14;2*1-2/h5-8H,1-4H3;2*1-2H3/b9-5+,10-6+,17-11?;;. The van der Waals surface area contributed by atoms with Crippen LogP contribution in [0.1, 0.15) is 48.5 Å². The highest BCUT2D eigenvalue weighted by Crippen LogP contribution is 2.19. The molecule has 0 spiro atoms. The van der Waals surface area contributed by atoms with Crippen molar-refractivity contribution in [2.45, 2.75) is 48.5 Å². The molecule has 0 atom stereocenters. The number of aliphatic imine (C=N–C) groups is 1. The van der Waals surface area contributed by atoms with Crippen molar-refractivity contribution in [2.24, 2.45) is 4.99 Å². The van der Waals surface area contributed by atoms with Crippen LogP contribution in [0.4, 0.5) is 4.39 Å². The van der Waals surface area contributed by atoms with Gasteiger partial charge in [0.2, 0.25) is 0 Å². The molecule has 0 aliphatic carbocycles. The van der Waals surface area contributed by atoms with E-state index in [0.717, 1.165) is 17.4 Å². The number of rotatable bonds is 4. The number of halogens is 2. The summed E-state index contributed by atoms with van der Waals surface area (Å²) in [6.45, 7) is 13.6. The van der Waals surface area contributed by atoms with Crippen molar-refractivity contribution < 1.29 is 9.13 Å². The highest BCUT2D eigenvalue weighted by Gasteiger charge is 2.06. The van der Waals surface area contributed by atoms with Crippen LogP contribution < -0.4 is 4.74 Å². The molecule has 5 heteroatoms. The van der Waals surface area contributed by atoms with E-state index in [9.17, 15) is 4.39 Å². The average molecular weight is 343 g/mol. The molecule has 0 fully saturated rings. The summed E-state index contributed by atoms with van der Waals surface area (Å²) in [5, 5.41) is 0.233. The van der Waals surface area contributed by atoms with Crippen LogP contribution in [0.25, 0.3) is 0 Å². The first kappa shape index (κ1) is 23.6. The van der Waals surface area contributed by atoms with Crippen molar-refractivity contribution in [1.82, 2.24) is 4.98 Å². The lowest BCUT2D eigenvalue weighted by Gasteiger charge is -2.05. The highest BCUT2D eigenvalue weighted by atomic mass is 35.5. The second-order valence-corrected chi connectivity index (χ2v) is 4.42. The molecule has 23 heavy (non-hydrogen) atoms. The molecule has 130 valence electrons. The lowest BCUT2D eigenvalue weighted by Crippen LogP contribution is -1.97. The fourth-order valence-corrected chi connectivity index (χ4v) is 1.35. The van der Waals surface area contributed by atoms with E-state index in [2.05, 4.69) is 9.98 Å². The van der Waals surface area contributed by atoms with Crippen LogP contribution in [0.15, 0.2) is 40.7 Å². The van der Waals surface area contributed by atoms with E-state index in [1.165, 1.54) is 6.20 Å². The minimum atomic E-state index is -0.591. The Kier molecular flexibility index (Phi) is 14.3. The Labute approximate surface area is 145 Å². The second kappa shape index (κ2) is 13.9. The van der Waals surface area contributed by atoms with Crippen molar-refractivity contribution in [3.63, 3.8) is 0 Å². The number of nitrogens with zero attached hydrogens (tertiary/aromatic N) is 2. The van der Waals surface area contributed by atoms with E-state index in [0.29, 0.717) is 5.76 Å². The van der Waals surface area contributed by atoms with Crippen LogP contribution in [-0.2, 0) is 0 Å². The molecule has 0 saturated heterocycles. The molecule has 0 N–H and O–H groups in total. The van der Waals surface area contributed by atoms with Crippen LogP contribution in [0.5, 0.6) is 5.88 Å². The maximum absolute atomic E-state index is 13.5. The average Bonchev–Trinajstić information content (AvgIpc) is 2.58. The fraction of sp³-hybridized carbons (Fsp3) is 0.444. The third-order valence-corrected chi connectivity index (χ3v) is 2.71. The van der Waals surface area contributed by atoms with E-state index < -0.39 is 5.82 Å². The Morgan fingerprint density at radius 1 is 1.17 bits per heavy atom. The van der Waals surface area contributed by atoms with E-state index in [1.807, 2.05) is 47.6 Å². The molecule has 0 aliphatic heterocycles. The number of allylic oxidation sites excluding steroid dienone is 4. The Balaban J connectivity index is 0. The third-order valence-electron chi connectivity index (χ3n) is 2.51. The zero-order valence-corrected chi connectivity index (χ0v) is 16.1. The fourth-order valence-electron chi connectivity index (χ4n) is 1.20. The zero-order valence-electron chi connectivity index (χ0n) is 15.4. The normalized spacial score (nSPS) is 11.8. The van der Waals surface area contributed by atoms with Gasteiger partial charge in [-0.2, -0.15) is 0 Å². The highest BCUT2D eigenvalue weighted by molar-refractivity contribution is 6.30. The first-order chi connectivity index (χ1) is 10.9. The van der Waals surface area contributed by atoms with E-state index in [1.54, 1.807) is 20.0 Å². The summed E-state index contributed by atoms with van der Waals surface area (Å²) in [4.78, 5) is 7.85. The van der Waals surface area contributed by atoms with Gasteiger partial charge in [0.25, 0.3) is 5.88 Å². The molecular weight excluding hydrogens is 315 g/mol. The molecule has 0 aliphatic rings. The van der Waals surface area contributed by atoms with Gasteiger partial charge in [-0.15, -0.1) is 0 Å². The minimum Gasteiger partial charge on any atom is -0.441 e. The molecule has 0 unspecified atom stereocenters. The summed E-state index contributed by atoms with van der Waals surface area (Å²) < 4.78 is 18.8. The number of hydrogen-bond donors (Lipinski definition) is 0. The monoisotopic (exact) mass is 342 g/mol. The topological polar surface area (TPSA) is 34.5 Å². The van der Waals surface area contributed by atoms with Gasteiger partial charge in [-0.05, 0) is 38.5 Å². The molecule has 1 aromatic heterocycles. The first-order valence-corrected chi connectivity index (χ1v) is 8.09. The zero-order chi connectivity index (χ0) is 18.4. The van der Waals surface area contributed by atoms with Crippen molar-refractivity contribution in [1.29, 1.82) is 0 Å². The van der Waals surface area contributed by atoms with Crippen LogP contribution in [0, 0.1) is 5.82 Å². The molecule has 0 bridgehead atoms. The Morgan fingerprint density at radius 3 is 2.22 bits per heavy atom. The van der Waals surface area contributed by atoms with Gasteiger partial charge in [-0.25, -0.2) is 9.37 Å². The van der Waals surface area contributed by atoms with Gasteiger partial charge in [-0.3, -0.25) is 4.99 Å². The van der Waals surface area contributed by atoms with Crippen molar-refractivity contribution in [3.8, 4) is 5.88 Å². The number of pyridine rings is 1. The number of aromatic nitrogens is 1. The van der Waals surface area contributed by atoms with Crippen molar-refractivity contribution in [3.05, 3.63) is 46.6 Å². The lowest BCUT2D eigenvalue weighted by molar-refractivity contribution is 0.381. The van der Waals surface area contributed by atoms with Gasteiger partial charge in [0.1, 0.15) is 5.76 Å². The number of ether oxygens (including phenoxy) is 1.